The van der Waals surface area contributed by atoms with E-state index in [1.54, 1.807) is 31.1 Å². The number of hydrogen-bond donors (Lipinski definition) is 0. The normalized spacial score (nSPS) is 16.4. The Labute approximate surface area is 191 Å². The van der Waals surface area contributed by atoms with Gasteiger partial charge in [-0.15, -0.1) is 0 Å². The molecule has 1 atom stereocenters. The van der Waals surface area contributed by atoms with Crippen LogP contribution in [0.25, 0.3) is 10.2 Å². The highest BCUT2D eigenvalue weighted by atomic mass is 32.2. The van der Waals surface area contributed by atoms with Gasteiger partial charge in [0.15, 0.2) is 15.0 Å². The van der Waals surface area contributed by atoms with E-state index in [1.165, 1.54) is 23.5 Å². The van der Waals surface area contributed by atoms with Crippen LogP contribution in [0, 0.1) is 6.92 Å². The topological polar surface area (TPSA) is 85.8 Å². The van der Waals surface area contributed by atoms with Crippen LogP contribution in [0.1, 0.15) is 35.7 Å². The van der Waals surface area contributed by atoms with Crippen LogP contribution in [0.4, 0.5) is 5.13 Å². The largest absolute Gasteiger partial charge is 0.494 e. The summed E-state index contributed by atoms with van der Waals surface area (Å²) in [6.45, 7) is 4.67. The molecule has 1 fully saturated rings. The average Bonchev–Trinajstić information content (AvgIpc) is 3.48. The highest BCUT2D eigenvalue weighted by molar-refractivity contribution is 7.91. The monoisotopic (exact) mass is 474 g/mol. The van der Waals surface area contributed by atoms with Gasteiger partial charge in [0.2, 0.25) is 0 Å². The Morgan fingerprint density at radius 3 is 2.62 bits per heavy atom. The second-order valence-electron chi connectivity index (χ2n) is 7.74. The molecule has 1 unspecified atom stereocenters. The van der Waals surface area contributed by atoms with Gasteiger partial charge in [-0.2, -0.15) is 0 Å². The van der Waals surface area contributed by atoms with Crippen LogP contribution >= 0.6 is 11.3 Å². The van der Waals surface area contributed by atoms with Gasteiger partial charge in [0.05, 0.1) is 35.1 Å². The van der Waals surface area contributed by atoms with Crippen LogP contribution in [-0.4, -0.2) is 51.4 Å². The third-order valence-corrected chi connectivity index (χ3v) is 8.60. The first-order chi connectivity index (χ1) is 15.3. The van der Waals surface area contributed by atoms with Crippen LogP contribution in [0.15, 0.2) is 41.3 Å². The van der Waals surface area contributed by atoms with E-state index in [9.17, 15) is 13.2 Å². The summed E-state index contributed by atoms with van der Waals surface area (Å²) in [5.74, 6) is 0.432. The molecule has 1 aliphatic heterocycles. The van der Waals surface area contributed by atoms with E-state index in [1.807, 2.05) is 19.1 Å². The van der Waals surface area contributed by atoms with E-state index in [0.29, 0.717) is 29.6 Å². The number of anilines is 1. The number of amides is 1. The number of aryl methyl sites for hydroxylation is 1. The fourth-order valence-electron chi connectivity index (χ4n) is 3.75. The first-order valence-electron chi connectivity index (χ1n) is 10.5. The molecular weight excluding hydrogens is 448 g/mol. The second kappa shape index (κ2) is 9.17. The Hall–Kier alpha value is -2.49. The van der Waals surface area contributed by atoms with Gasteiger partial charge in [0, 0.05) is 12.2 Å². The van der Waals surface area contributed by atoms with E-state index >= 15 is 0 Å². The third-order valence-electron chi connectivity index (χ3n) is 5.64. The van der Waals surface area contributed by atoms with E-state index in [2.05, 4.69) is 0 Å². The number of carbonyl (C=O) groups is 1. The molecule has 7 nitrogen and oxygen atoms in total. The van der Waals surface area contributed by atoms with Gasteiger partial charge in [0.25, 0.3) is 5.91 Å². The molecule has 0 radical (unpaired) electrons. The van der Waals surface area contributed by atoms with Crippen molar-refractivity contribution < 1.29 is 22.7 Å². The Morgan fingerprint density at radius 1 is 1.25 bits per heavy atom. The van der Waals surface area contributed by atoms with Crippen molar-refractivity contribution in [2.75, 3.05) is 30.9 Å². The molecule has 0 N–H and O–H groups in total. The summed E-state index contributed by atoms with van der Waals surface area (Å²) in [7, 11) is -1.73. The molecule has 0 spiro atoms. The minimum absolute atomic E-state index is 0.0122. The molecule has 4 rings (SSSR count). The summed E-state index contributed by atoms with van der Waals surface area (Å²) in [4.78, 5) is 20.1. The van der Waals surface area contributed by atoms with Crippen molar-refractivity contribution >= 4 is 42.4 Å². The fourth-order valence-corrected chi connectivity index (χ4v) is 5.69. The second-order valence-corrected chi connectivity index (χ2v) is 11.0. The predicted octanol–water partition coefficient (Wildman–Crippen LogP) is 4.23. The lowest BCUT2D eigenvalue weighted by molar-refractivity contribution is 0.0917. The van der Waals surface area contributed by atoms with Gasteiger partial charge in [-0.3, -0.25) is 9.69 Å². The first-order valence-corrected chi connectivity index (χ1v) is 13.0. The van der Waals surface area contributed by atoms with E-state index in [-0.39, 0.29) is 22.7 Å². The number of fused-ring (bicyclic) bond motifs is 1. The van der Waals surface area contributed by atoms with Crippen LogP contribution in [0.2, 0.25) is 0 Å². The van der Waals surface area contributed by atoms with E-state index in [4.69, 9.17) is 14.5 Å². The maximum Gasteiger partial charge on any atom is 0.260 e. The molecule has 1 amide bonds. The number of benzene rings is 2. The first kappa shape index (κ1) is 22.7. The van der Waals surface area contributed by atoms with Gasteiger partial charge in [-0.1, -0.05) is 24.3 Å². The van der Waals surface area contributed by atoms with Crippen LogP contribution in [-0.2, 0) is 14.6 Å². The standard InChI is InChI=1S/C23H26N2O5S2/c1-4-32(27,28)18-10-8-16(9-11-18)22(26)25(14-17-6-5-13-30-17)23-24-20-19(29-3)12-7-15(2)21(20)31-23/h7-12,17H,4-6,13-14H2,1-3H3. The van der Waals surface area contributed by atoms with Crippen molar-refractivity contribution in [3.8, 4) is 5.75 Å². The minimum Gasteiger partial charge on any atom is -0.494 e. The number of hydrogen-bond acceptors (Lipinski definition) is 7. The summed E-state index contributed by atoms with van der Waals surface area (Å²) in [5.41, 5.74) is 2.19. The molecule has 1 aromatic heterocycles. The van der Waals surface area contributed by atoms with Crippen molar-refractivity contribution in [3.63, 3.8) is 0 Å². The molecule has 2 aromatic carbocycles. The van der Waals surface area contributed by atoms with Gasteiger partial charge < -0.3 is 9.47 Å². The smallest absolute Gasteiger partial charge is 0.260 e. The zero-order valence-electron chi connectivity index (χ0n) is 18.3. The molecular formula is C23H26N2O5S2. The molecule has 3 aromatic rings. The van der Waals surface area contributed by atoms with Gasteiger partial charge in [-0.05, 0) is 55.7 Å². The lowest BCUT2D eigenvalue weighted by atomic mass is 10.2. The number of sulfone groups is 1. The average molecular weight is 475 g/mol. The van der Waals surface area contributed by atoms with Gasteiger partial charge in [0.1, 0.15) is 11.3 Å². The zero-order valence-corrected chi connectivity index (χ0v) is 20.0. The minimum atomic E-state index is -3.33. The zero-order chi connectivity index (χ0) is 22.9. The maximum absolute atomic E-state index is 13.5. The lowest BCUT2D eigenvalue weighted by Crippen LogP contribution is -2.37. The molecule has 0 saturated carbocycles. The summed E-state index contributed by atoms with van der Waals surface area (Å²) in [5, 5.41) is 0.568. The van der Waals surface area contributed by atoms with Crippen molar-refractivity contribution in [2.24, 2.45) is 0 Å². The molecule has 32 heavy (non-hydrogen) atoms. The molecule has 0 aliphatic carbocycles. The highest BCUT2D eigenvalue weighted by Crippen LogP contribution is 2.37. The number of rotatable bonds is 7. The molecule has 170 valence electrons. The number of carbonyl (C=O) groups excluding carboxylic acids is 1. The van der Waals surface area contributed by atoms with Crippen LogP contribution < -0.4 is 9.64 Å². The summed E-state index contributed by atoms with van der Waals surface area (Å²) in [6.07, 6.45) is 1.78. The number of ether oxygens (including phenoxy) is 2. The Kier molecular flexibility index (Phi) is 6.50. The highest BCUT2D eigenvalue weighted by Gasteiger charge is 2.28. The molecule has 2 heterocycles. The fraction of sp³-hybridized carbons (Fsp3) is 0.391. The Bertz CT molecular complexity index is 1230. The van der Waals surface area contributed by atoms with Crippen LogP contribution in [0.5, 0.6) is 5.75 Å². The SMILES string of the molecule is CCS(=O)(=O)c1ccc(C(=O)N(CC2CCCO2)c2nc3c(OC)ccc(C)c3s2)cc1. The number of thiazole rings is 1. The summed E-state index contributed by atoms with van der Waals surface area (Å²) >= 11 is 1.44. The van der Waals surface area contributed by atoms with E-state index in [0.717, 1.165) is 28.6 Å². The predicted molar refractivity (Wildman–Crippen MR) is 126 cm³/mol. The Balaban J connectivity index is 1.73. The van der Waals surface area contributed by atoms with Gasteiger partial charge >= 0.3 is 0 Å². The maximum atomic E-state index is 13.5. The number of methoxy groups -OCH3 is 1. The Morgan fingerprint density at radius 2 is 2.00 bits per heavy atom. The summed E-state index contributed by atoms with van der Waals surface area (Å²) < 4.78 is 36.5. The molecule has 1 aliphatic rings. The van der Waals surface area contributed by atoms with Crippen molar-refractivity contribution in [3.05, 3.63) is 47.5 Å². The lowest BCUT2D eigenvalue weighted by Gasteiger charge is -2.23. The summed E-state index contributed by atoms with van der Waals surface area (Å²) in [6, 6.07) is 9.95. The van der Waals surface area contributed by atoms with E-state index < -0.39 is 9.84 Å². The molecule has 9 heteroatoms. The molecule has 1 saturated heterocycles. The third kappa shape index (κ3) is 4.37. The molecule has 0 bridgehead atoms. The number of aromatic nitrogens is 1. The van der Waals surface area contributed by atoms with Crippen molar-refractivity contribution in [1.82, 2.24) is 4.98 Å². The van der Waals surface area contributed by atoms with Crippen molar-refractivity contribution in [1.29, 1.82) is 0 Å². The quantitative estimate of drug-likeness (QED) is 0.509. The number of nitrogens with zero attached hydrogens (tertiary/aromatic N) is 2. The van der Waals surface area contributed by atoms with Crippen molar-refractivity contribution in [2.45, 2.75) is 37.7 Å². The van der Waals surface area contributed by atoms with Crippen LogP contribution in [0.3, 0.4) is 0 Å². The van der Waals surface area contributed by atoms with Gasteiger partial charge in [-0.25, -0.2) is 13.4 Å².